The van der Waals surface area contributed by atoms with E-state index < -0.39 is 25.9 Å². The molecule has 22 heavy (non-hydrogen) atoms. The van der Waals surface area contributed by atoms with Crippen molar-refractivity contribution in [3.05, 3.63) is 28.8 Å². The van der Waals surface area contributed by atoms with Crippen LogP contribution in [0.25, 0.3) is 0 Å². The molecule has 1 aromatic carbocycles. The summed E-state index contributed by atoms with van der Waals surface area (Å²) < 4.78 is 51.0. The quantitative estimate of drug-likeness (QED) is 0.820. The summed E-state index contributed by atoms with van der Waals surface area (Å²) in [5.74, 6) is -0.0206. The van der Waals surface area contributed by atoms with Crippen LogP contribution in [0, 0.1) is 6.92 Å². The molecule has 2 aliphatic rings. The molecule has 2 fully saturated rings. The molecule has 1 saturated heterocycles. The van der Waals surface area contributed by atoms with E-state index in [2.05, 4.69) is 0 Å². The van der Waals surface area contributed by atoms with Crippen LogP contribution in [0.1, 0.15) is 24.8 Å². The molecule has 0 spiro atoms. The van der Waals surface area contributed by atoms with Crippen molar-refractivity contribution in [1.82, 2.24) is 4.31 Å². The minimum Gasteiger partial charge on any atom is -0.229 e. The monoisotopic (exact) mass is 363 g/mol. The molecule has 122 valence electrons. The van der Waals surface area contributed by atoms with E-state index in [0.717, 1.165) is 12.8 Å². The van der Waals surface area contributed by atoms with Crippen molar-refractivity contribution in [3.8, 4) is 0 Å². The summed E-state index contributed by atoms with van der Waals surface area (Å²) in [7, 11) is -6.88. The Morgan fingerprint density at radius 2 is 1.86 bits per heavy atom. The van der Waals surface area contributed by atoms with Crippen molar-refractivity contribution in [1.29, 1.82) is 0 Å². The number of benzene rings is 1. The molecule has 0 bridgehead atoms. The molecule has 0 radical (unpaired) electrons. The van der Waals surface area contributed by atoms with E-state index in [1.807, 2.05) is 0 Å². The second kappa shape index (κ2) is 5.47. The molecule has 1 aromatic rings. The number of nitrogens with zero attached hydrogens (tertiary/aromatic N) is 1. The Labute approximate surface area is 136 Å². The van der Waals surface area contributed by atoms with E-state index in [-0.39, 0.29) is 22.4 Å². The molecule has 0 aromatic heterocycles. The maximum absolute atomic E-state index is 13.1. The van der Waals surface area contributed by atoms with Gasteiger partial charge >= 0.3 is 0 Å². The Kier molecular flexibility index (Phi) is 4.04. The lowest BCUT2D eigenvalue weighted by atomic mass is 10.2. The summed E-state index contributed by atoms with van der Waals surface area (Å²) in [4.78, 5) is 0.177. The van der Waals surface area contributed by atoms with Crippen molar-refractivity contribution in [2.45, 2.75) is 43.2 Å². The van der Waals surface area contributed by atoms with Gasteiger partial charge in [-0.1, -0.05) is 17.7 Å². The predicted octanol–water partition coefficient (Wildman–Crippen LogP) is 1.99. The molecule has 1 aliphatic carbocycles. The number of aryl methyl sites for hydroxylation is 1. The fraction of sp³-hybridized carbons (Fsp3) is 0.571. The summed E-state index contributed by atoms with van der Waals surface area (Å²) in [6, 6.07) is 4.23. The summed E-state index contributed by atoms with van der Waals surface area (Å²) in [5.41, 5.74) is 0.621. The third kappa shape index (κ3) is 3.04. The van der Waals surface area contributed by atoms with E-state index in [0.29, 0.717) is 17.0 Å². The van der Waals surface area contributed by atoms with Crippen LogP contribution in [0.2, 0.25) is 5.02 Å². The fourth-order valence-electron chi connectivity index (χ4n) is 2.96. The number of halogens is 1. The molecule has 1 heterocycles. The first-order valence-corrected chi connectivity index (χ1v) is 10.8. The number of sulfone groups is 1. The second-order valence-electron chi connectivity index (χ2n) is 6.03. The molecule has 1 aliphatic heterocycles. The molecule has 0 N–H and O–H groups in total. The minimum absolute atomic E-state index is 0.0605. The van der Waals surface area contributed by atoms with Crippen molar-refractivity contribution in [3.63, 3.8) is 0 Å². The van der Waals surface area contributed by atoms with Gasteiger partial charge in [0.25, 0.3) is 0 Å². The highest BCUT2D eigenvalue weighted by Gasteiger charge is 2.46. The van der Waals surface area contributed by atoms with Gasteiger partial charge in [0.2, 0.25) is 10.0 Å². The highest BCUT2D eigenvalue weighted by Crippen LogP contribution is 2.38. The van der Waals surface area contributed by atoms with Crippen LogP contribution in [0.3, 0.4) is 0 Å². The summed E-state index contributed by atoms with van der Waals surface area (Å²) in [5, 5.41) is 0.360. The molecule has 0 unspecified atom stereocenters. The zero-order valence-corrected chi connectivity index (χ0v) is 14.6. The van der Waals surface area contributed by atoms with Crippen LogP contribution >= 0.6 is 11.6 Å². The standard InChI is InChI=1S/C14H18ClNO4S2/c1-10-2-3-11(15)8-14(10)22(19,20)16(12-4-5-12)13-6-7-21(17,18)9-13/h2-3,8,12-13H,4-7,9H2,1H3/t13-/m1/s1. The van der Waals surface area contributed by atoms with Crippen LogP contribution in [0.4, 0.5) is 0 Å². The van der Waals surface area contributed by atoms with Crippen molar-refractivity contribution >= 4 is 31.5 Å². The highest BCUT2D eigenvalue weighted by atomic mass is 35.5. The molecule has 5 nitrogen and oxygen atoms in total. The number of rotatable bonds is 4. The second-order valence-corrected chi connectivity index (χ2v) is 10.5. The molecular formula is C14H18ClNO4S2. The maximum atomic E-state index is 13.1. The molecule has 1 saturated carbocycles. The van der Waals surface area contributed by atoms with E-state index in [1.54, 1.807) is 19.1 Å². The largest absolute Gasteiger partial charge is 0.243 e. The van der Waals surface area contributed by atoms with Crippen molar-refractivity contribution in [2.75, 3.05) is 11.5 Å². The average Bonchev–Trinajstić information content (AvgIpc) is 3.16. The van der Waals surface area contributed by atoms with Gasteiger partial charge in [0.05, 0.1) is 16.4 Å². The normalized spacial score (nSPS) is 24.8. The van der Waals surface area contributed by atoms with Gasteiger partial charge in [-0.2, -0.15) is 4.31 Å². The SMILES string of the molecule is Cc1ccc(Cl)cc1S(=O)(=O)N(C1CC1)[C@@H]1CCS(=O)(=O)C1. The van der Waals surface area contributed by atoms with E-state index in [1.165, 1.54) is 10.4 Å². The number of sulfonamides is 1. The van der Waals surface area contributed by atoms with Gasteiger partial charge in [-0.15, -0.1) is 0 Å². The Hall–Kier alpha value is -0.630. The molecule has 0 amide bonds. The predicted molar refractivity (Wildman–Crippen MR) is 85.3 cm³/mol. The summed E-state index contributed by atoms with van der Waals surface area (Å²) in [6.07, 6.45) is 1.95. The Morgan fingerprint density at radius 3 is 2.41 bits per heavy atom. The lowest BCUT2D eigenvalue weighted by Crippen LogP contribution is -2.42. The van der Waals surface area contributed by atoms with Gasteiger partial charge in [-0.3, -0.25) is 0 Å². The average molecular weight is 364 g/mol. The lowest BCUT2D eigenvalue weighted by Gasteiger charge is -2.28. The first-order chi connectivity index (χ1) is 10.2. The summed E-state index contributed by atoms with van der Waals surface area (Å²) in [6.45, 7) is 1.72. The van der Waals surface area contributed by atoms with Gasteiger partial charge in [0.15, 0.2) is 9.84 Å². The van der Waals surface area contributed by atoms with E-state index in [9.17, 15) is 16.8 Å². The first kappa shape index (κ1) is 16.2. The van der Waals surface area contributed by atoms with Crippen LogP contribution in [-0.4, -0.2) is 44.7 Å². The maximum Gasteiger partial charge on any atom is 0.243 e. The lowest BCUT2D eigenvalue weighted by molar-refractivity contribution is 0.332. The van der Waals surface area contributed by atoms with Gasteiger partial charge in [-0.25, -0.2) is 16.8 Å². The smallest absolute Gasteiger partial charge is 0.229 e. The van der Waals surface area contributed by atoms with E-state index >= 15 is 0 Å². The Bertz CT molecular complexity index is 800. The van der Waals surface area contributed by atoms with Crippen LogP contribution in [0.15, 0.2) is 23.1 Å². The van der Waals surface area contributed by atoms with Crippen LogP contribution < -0.4 is 0 Å². The molecular weight excluding hydrogens is 346 g/mol. The molecule has 3 rings (SSSR count). The zero-order chi connectivity index (χ0) is 16.1. The molecule has 1 atom stereocenters. The first-order valence-electron chi connectivity index (χ1n) is 7.21. The number of hydrogen-bond acceptors (Lipinski definition) is 4. The highest BCUT2D eigenvalue weighted by molar-refractivity contribution is 7.92. The van der Waals surface area contributed by atoms with Crippen LogP contribution in [0.5, 0.6) is 0 Å². The van der Waals surface area contributed by atoms with Gasteiger partial charge in [0, 0.05) is 17.1 Å². The third-order valence-corrected chi connectivity index (χ3v) is 8.31. The summed E-state index contributed by atoms with van der Waals surface area (Å²) >= 11 is 5.95. The van der Waals surface area contributed by atoms with Crippen molar-refractivity contribution < 1.29 is 16.8 Å². The zero-order valence-electron chi connectivity index (χ0n) is 12.2. The van der Waals surface area contributed by atoms with Gasteiger partial charge < -0.3 is 0 Å². The minimum atomic E-state index is -3.74. The van der Waals surface area contributed by atoms with Crippen molar-refractivity contribution in [2.24, 2.45) is 0 Å². The van der Waals surface area contributed by atoms with Gasteiger partial charge in [0.1, 0.15) is 0 Å². The Balaban J connectivity index is 2.02. The van der Waals surface area contributed by atoms with Crippen LogP contribution in [-0.2, 0) is 19.9 Å². The van der Waals surface area contributed by atoms with E-state index in [4.69, 9.17) is 11.6 Å². The third-order valence-electron chi connectivity index (χ3n) is 4.18. The topological polar surface area (TPSA) is 71.5 Å². The molecule has 8 heteroatoms. The van der Waals surface area contributed by atoms with Gasteiger partial charge in [-0.05, 0) is 43.9 Å². The number of hydrogen-bond donors (Lipinski definition) is 0. The fourth-order valence-corrected chi connectivity index (χ4v) is 7.16. The Morgan fingerprint density at radius 1 is 1.18 bits per heavy atom.